The molecule has 0 heterocycles. The summed E-state index contributed by atoms with van der Waals surface area (Å²) in [5.74, 6) is -0.00639. The summed E-state index contributed by atoms with van der Waals surface area (Å²) in [6, 6.07) is 7.98. The van der Waals surface area contributed by atoms with Crippen molar-refractivity contribution in [1.29, 1.82) is 0 Å². The predicted molar refractivity (Wildman–Crippen MR) is 71.4 cm³/mol. The van der Waals surface area contributed by atoms with Crippen LogP contribution >= 0.6 is 15.9 Å². The number of rotatable bonds is 3. The minimum atomic E-state index is -0.432. The summed E-state index contributed by atoms with van der Waals surface area (Å²) in [5.41, 5.74) is 6.70. The molecule has 0 spiro atoms. The summed E-state index contributed by atoms with van der Waals surface area (Å²) < 4.78 is 1.04. The minimum Gasteiger partial charge on any atom is -0.392 e. The maximum absolute atomic E-state index is 10.3. The second-order valence-electron chi connectivity index (χ2n) is 5.20. The van der Waals surface area contributed by atoms with Gasteiger partial charge in [-0.05, 0) is 23.1 Å². The summed E-state index contributed by atoms with van der Waals surface area (Å²) in [5, 5.41) is 10.3. The lowest BCUT2D eigenvalue weighted by atomic mass is 9.78. The van der Waals surface area contributed by atoms with E-state index < -0.39 is 6.10 Å². The van der Waals surface area contributed by atoms with E-state index in [1.807, 2.05) is 45.0 Å². The van der Waals surface area contributed by atoms with E-state index in [9.17, 15) is 5.11 Å². The summed E-state index contributed by atoms with van der Waals surface area (Å²) >= 11 is 3.40. The second kappa shape index (κ2) is 5.30. The summed E-state index contributed by atoms with van der Waals surface area (Å²) in [6.45, 7) is 6.54. The molecule has 90 valence electrons. The third-order valence-electron chi connectivity index (χ3n) is 2.82. The maximum atomic E-state index is 10.3. The van der Waals surface area contributed by atoms with Crippen molar-refractivity contribution in [2.75, 3.05) is 6.54 Å². The van der Waals surface area contributed by atoms with Crippen LogP contribution in [0, 0.1) is 5.41 Å². The van der Waals surface area contributed by atoms with E-state index >= 15 is 0 Å². The molecular weight excluding hydrogens is 266 g/mol. The van der Waals surface area contributed by atoms with Gasteiger partial charge in [0.2, 0.25) is 0 Å². The van der Waals surface area contributed by atoms with Crippen molar-refractivity contribution < 1.29 is 5.11 Å². The fourth-order valence-corrected chi connectivity index (χ4v) is 2.03. The van der Waals surface area contributed by atoms with Gasteiger partial charge in [-0.1, -0.05) is 48.8 Å². The Hall–Kier alpha value is -0.380. The Kier molecular flexibility index (Phi) is 4.53. The lowest BCUT2D eigenvalue weighted by molar-refractivity contribution is 0.0407. The van der Waals surface area contributed by atoms with E-state index in [0.29, 0.717) is 6.54 Å². The summed E-state index contributed by atoms with van der Waals surface area (Å²) in [4.78, 5) is 0. The van der Waals surface area contributed by atoms with Crippen LogP contribution in [-0.4, -0.2) is 17.8 Å². The van der Waals surface area contributed by atoms with E-state index in [-0.39, 0.29) is 11.3 Å². The number of aliphatic hydroxyl groups excluding tert-OH is 1. The third-order valence-corrected chi connectivity index (χ3v) is 3.35. The van der Waals surface area contributed by atoms with Gasteiger partial charge in [-0.2, -0.15) is 0 Å². The maximum Gasteiger partial charge on any atom is 0.0669 e. The van der Waals surface area contributed by atoms with E-state index in [4.69, 9.17) is 5.73 Å². The molecule has 1 aromatic rings. The number of hydrogen-bond acceptors (Lipinski definition) is 2. The van der Waals surface area contributed by atoms with Gasteiger partial charge in [0.25, 0.3) is 0 Å². The van der Waals surface area contributed by atoms with E-state index in [1.54, 1.807) is 0 Å². The van der Waals surface area contributed by atoms with Crippen molar-refractivity contribution in [1.82, 2.24) is 0 Å². The molecule has 0 aliphatic rings. The Bertz CT molecular complexity index is 329. The van der Waals surface area contributed by atoms with Crippen LogP contribution in [-0.2, 0) is 0 Å². The summed E-state index contributed by atoms with van der Waals surface area (Å²) in [7, 11) is 0. The van der Waals surface area contributed by atoms with Gasteiger partial charge in [0.15, 0.2) is 0 Å². The topological polar surface area (TPSA) is 46.2 Å². The molecule has 3 heteroatoms. The molecule has 0 bridgehead atoms. The molecule has 1 rings (SSSR count). The molecule has 0 fully saturated rings. The Morgan fingerprint density at radius 2 is 1.75 bits per heavy atom. The molecule has 0 amide bonds. The van der Waals surface area contributed by atoms with Crippen molar-refractivity contribution >= 4 is 15.9 Å². The van der Waals surface area contributed by atoms with Crippen LogP contribution in [0.15, 0.2) is 28.7 Å². The largest absolute Gasteiger partial charge is 0.392 e. The molecule has 0 aliphatic carbocycles. The quantitative estimate of drug-likeness (QED) is 0.897. The zero-order valence-corrected chi connectivity index (χ0v) is 11.7. The Labute approximate surface area is 106 Å². The Morgan fingerprint density at radius 3 is 2.12 bits per heavy atom. The molecule has 0 aliphatic heterocycles. The van der Waals surface area contributed by atoms with Crippen molar-refractivity contribution in [3.8, 4) is 0 Å². The van der Waals surface area contributed by atoms with Gasteiger partial charge in [-0.3, -0.25) is 0 Å². The first-order valence-corrected chi connectivity index (χ1v) is 6.29. The zero-order valence-electron chi connectivity index (χ0n) is 10.1. The minimum absolute atomic E-state index is 0.00639. The van der Waals surface area contributed by atoms with Gasteiger partial charge in [0.1, 0.15) is 0 Å². The van der Waals surface area contributed by atoms with Crippen molar-refractivity contribution in [2.45, 2.75) is 32.8 Å². The van der Waals surface area contributed by atoms with Crippen molar-refractivity contribution in [3.05, 3.63) is 34.3 Å². The van der Waals surface area contributed by atoms with Crippen LogP contribution in [0.5, 0.6) is 0 Å². The van der Waals surface area contributed by atoms with Gasteiger partial charge in [0, 0.05) is 16.9 Å². The average molecular weight is 286 g/mol. The zero-order chi connectivity index (χ0) is 12.3. The molecule has 2 nitrogen and oxygen atoms in total. The Morgan fingerprint density at radius 1 is 1.25 bits per heavy atom. The number of hydrogen-bond donors (Lipinski definition) is 2. The highest BCUT2D eigenvalue weighted by atomic mass is 79.9. The van der Waals surface area contributed by atoms with E-state index in [0.717, 1.165) is 10.0 Å². The molecule has 2 atom stereocenters. The molecule has 0 saturated heterocycles. The fourth-order valence-electron chi connectivity index (χ4n) is 1.76. The lowest BCUT2D eigenvalue weighted by Crippen LogP contribution is -2.36. The highest BCUT2D eigenvalue weighted by Gasteiger charge is 2.30. The van der Waals surface area contributed by atoms with Gasteiger partial charge in [0.05, 0.1) is 6.10 Å². The van der Waals surface area contributed by atoms with Crippen LogP contribution in [0.25, 0.3) is 0 Å². The van der Waals surface area contributed by atoms with Crippen LogP contribution in [0.3, 0.4) is 0 Å². The monoisotopic (exact) mass is 285 g/mol. The molecule has 0 saturated carbocycles. The second-order valence-corrected chi connectivity index (χ2v) is 6.12. The van der Waals surface area contributed by atoms with Crippen LogP contribution in [0.4, 0.5) is 0 Å². The van der Waals surface area contributed by atoms with Crippen molar-refractivity contribution in [3.63, 3.8) is 0 Å². The molecule has 16 heavy (non-hydrogen) atoms. The summed E-state index contributed by atoms with van der Waals surface area (Å²) in [6.07, 6.45) is -0.432. The van der Waals surface area contributed by atoms with Gasteiger partial charge >= 0.3 is 0 Å². The van der Waals surface area contributed by atoms with Gasteiger partial charge in [-0.25, -0.2) is 0 Å². The van der Waals surface area contributed by atoms with E-state index in [1.165, 1.54) is 0 Å². The number of benzene rings is 1. The first kappa shape index (κ1) is 13.7. The first-order valence-electron chi connectivity index (χ1n) is 5.50. The standard InChI is InChI=1S/C13H20BrNO/c1-13(2,3)12(16)11(8-15)9-4-6-10(14)7-5-9/h4-7,11-12,16H,8,15H2,1-3H3. The lowest BCUT2D eigenvalue weighted by Gasteiger charge is -2.32. The van der Waals surface area contributed by atoms with Gasteiger partial charge < -0.3 is 10.8 Å². The van der Waals surface area contributed by atoms with Crippen molar-refractivity contribution in [2.24, 2.45) is 11.1 Å². The molecule has 0 aromatic heterocycles. The molecule has 1 aromatic carbocycles. The number of aliphatic hydroxyl groups is 1. The normalized spacial score (nSPS) is 15.9. The Balaban J connectivity index is 2.94. The number of nitrogens with two attached hydrogens (primary N) is 1. The molecule has 3 N–H and O–H groups in total. The SMILES string of the molecule is CC(C)(C)C(O)C(CN)c1ccc(Br)cc1. The average Bonchev–Trinajstić information content (AvgIpc) is 2.20. The highest BCUT2D eigenvalue weighted by Crippen LogP contribution is 2.31. The van der Waals surface area contributed by atoms with Crippen LogP contribution in [0.1, 0.15) is 32.3 Å². The van der Waals surface area contributed by atoms with E-state index in [2.05, 4.69) is 15.9 Å². The smallest absolute Gasteiger partial charge is 0.0669 e. The first-order chi connectivity index (χ1) is 7.36. The molecule has 0 radical (unpaired) electrons. The number of halogens is 1. The van der Waals surface area contributed by atoms with Gasteiger partial charge in [-0.15, -0.1) is 0 Å². The van der Waals surface area contributed by atoms with Crippen LogP contribution in [0.2, 0.25) is 0 Å². The highest BCUT2D eigenvalue weighted by molar-refractivity contribution is 9.10. The molecular formula is C13H20BrNO. The molecule has 2 unspecified atom stereocenters. The third kappa shape index (κ3) is 3.30. The predicted octanol–water partition coefficient (Wildman–Crippen LogP) is 2.90. The fraction of sp³-hybridized carbons (Fsp3) is 0.538. The van der Waals surface area contributed by atoms with Crippen LogP contribution < -0.4 is 5.73 Å².